The second-order valence-corrected chi connectivity index (χ2v) is 4.93. The van der Waals surface area contributed by atoms with Gasteiger partial charge in [-0.25, -0.2) is 0 Å². The van der Waals surface area contributed by atoms with Crippen molar-refractivity contribution in [3.8, 4) is 0 Å². The molecule has 6 nitrogen and oxygen atoms in total. The van der Waals surface area contributed by atoms with E-state index in [4.69, 9.17) is 0 Å². The number of anilines is 1. The molecule has 0 radical (unpaired) electrons. The number of piperidine rings is 1. The third-order valence-electron chi connectivity index (χ3n) is 3.49. The molecule has 1 fully saturated rings. The molecule has 1 amide bonds. The van der Waals surface area contributed by atoms with Crippen LogP contribution in [0.1, 0.15) is 23.3 Å². The molecule has 2 heterocycles. The molecule has 0 aromatic carbocycles. The first-order chi connectivity index (χ1) is 9.20. The molecule has 1 aromatic rings. The quantitative estimate of drug-likeness (QED) is 0.816. The van der Waals surface area contributed by atoms with Gasteiger partial charge in [-0.1, -0.05) is 0 Å². The fourth-order valence-electron chi connectivity index (χ4n) is 2.32. The van der Waals surface area contributed by atoms with E-state index in [0.717, 1.165) is 25.5 Å². The predicted molar refractivity (Wildman–Crippen MR) is 74.3 cm³/mol. The highest BCUT2D eigenvalue weighted by molar-refractivity contribution is 5.91. The Morgan fingerprint density at radius 2 is 2.16 bits per heavy atom. The summed E-state index contributed by atoms with van der Waals surface area (Å²) in [6.07, 6.45) is 2.40. The van der Waals surface area contributed by atoms with Crippen LogP contribution in [0.5, 0.6) is 0 Å². The first-order valence-electron chi connectivity index (χ1n) is 6.68. The Labute approximate surface area is 113 Å². The van der Waals surface area contributed by atoms with E-state index in [1.54, 1.807) is 13.1 Å². The van der Waals surface area contributed by atoms with Crippen LogP contribution in [-0.2, 0) is 0 Å². The van der Waals surface area contributed by atoms with Gasteiger partial charge in [0, 0.05) is 20.6 Å². The van der Waals surface area contributed by atoms with Crippen LogP contribution in [0.4, 0.5) is 5.82 Å². The number of carbonyl (C=O) groups excluding carboxylic acids is 1. The van der Waals surface area contributed by atoms with Crippen molar-refractivity contribution in [2.24, 2.45) is 5.92 Å². The number of carbonyl (C=O) groups is 1. The Kier molecular flexibility index (Phi) is 4.68. The number of rotatable bonds is 4. The summed E-state index contributed by atoms with van der Waals surface area (Å²) < 4.78 is 0. The van der Waals surface area contributed by atoms with Crippen molar-refractivity contribution >= 4 is 11.7 Å². The summed E-state index contributed by atoms with van der Waals surface area (Å²) in [5.41, 5.74) is 0.349. The summed E-state index contributed by atoms with van der Waals surface area (Å²) >= 11 is 0. The highest BCUT2D eigenvalue weighted by Crippen LogP contribution is 2.16. The van der Waals surface area contributed by atoms with Gasteiger partial charge >= 0.3 is 0 Å². The maximum Gasteiger partial charge on any atom is 0.271 e. The van der Waals surface area contributed by atoms with Gasteiger partial charge in [-0.3, -0.25) is 4.79 Å². The van der Waals surface area contributed by atoms with Gasteiger partial charge in [-0.2, -0.15) is 0 Å². The molecule has 0 bridgehead atoms. The fourth-order valence-corrected chi connectivity index (χ4v) is 2.32. The standard InChI is InChI=1S/C13H21N5O/c1-14-13(19)11-3-4-12(17-16-11)18(2)9-10-5-7-15-8-6-10/h3-4,10,15H,5-9H2,1-2H3,(H,14,19). The monoisotopic (exact) mass is 263 g/mol. The van der Waals surface area contributed by atoms with E-state index < -0.39 is 0 Å². The molecule has 0 saturated carbocycles. The number of nitrogens with zero attached hydrogens (tertiary/aromatic N) is 3. The molecule has 104 valence electrons. The largest absolute Gasteiger partial charge is 0.358 e. The van der Waals surface area contributed by atoms with Crippen LogP contribution in [0.2, 0.25) is 0 Å². The van der Waals surface area contributed by atoms with E-state index >= 15 is 0 Å². The minimum absolute atomic E-state index is 0.208. The lowest BCUT2D eigenvalue weighted by atomic mass is 9.98. The van der Waals surface area contributed by atoms with Crippen LogP contribution in [-0.4, -0.2) is 49.8 Å². The van der Waals surface area contributed by atoms with Crippen LogP contribution in [0.3, 0.4) is 0 Å². The number of hydrogen-bond acceptors (Lipinski definition) is 5. The first kappa shape index (κ1) is 13.7. The number of nitrogens with one attached hydrogen (secondary N) is 2. The van der Waals surface area contributed by atoms with Gasteiger partial charge in [0.1, 0.15) is 0 Å². The molecule has 2 N–H and O–H groups in total. The van der Waals surface area contributed by atoms with Crippen LogP contribution in [0, 0.1) is 5.92 Å². The topological polar surface area (TPSA) is 70.2 Å². The number of aromatic nitrogens is 2. The predicted octanol–water partition coefficient (Wildman–Crippen LogP) is 0.272. The van der Waals surface area contributed by atoms with Crippen molar-refractivity contribution in [2.75, 3.05) is 38.6 Å². The van der Waals surface area contributed by atoms with Crippen LogP contribution in [0.25, 0.3) is 0 Å². The Balaban J connectivity index is 1.94. The van der Waals surface area contributed by atoms with Gasteiger partial charge in [0.15, 0.2) is 11.5 Å². The minimum Gasteiger partial charge on any atom is -0.358 e. The molecule has 0 unspecified atom stereocenters. The van der Waals surface area contributed by atoms with Gasteiger partial charge in [-0.15, -0.1) is 10.2 Å². The molecule has 0 atom stereocenters. The lowest BCUT2D eigenvalue weighted by Crippen LogP contribution is -2.35. The van der Waals surface area contributed by atoms with Crippen molar-refractivity contribution in [2.45, 2.75) is 12.8 Å². The third-order valence-corrected chi connectivity index (χ3v) is 3.49. The minimum atomic E-state index is -0.208. The molecule has 1 aliphatic rings. The SMILES string of the molecule is CNC(=O)c1ccc(N(C)CC2CCNCC2)nn1. The van der Waals surface area contributed by atoms with E-state index in [-0.39, 0.29) is 5.91 Å². The van der Waals surface area contributed by atoms with Gasteiger partial charge < -0.3 is 15.5 Å². The summed E-state index contributed by atoms with van der Waals surface area (Å²) in [5.74, 6) is 1.30. The lowest BCUT2D eigenvalue weighted by molar-refractivity contribution is 0.0957. The molecular weight excluding hydrogens is 242 g/mol. The molecule has 1 saturated heterocycles. The fraction of sp³-hybridized carbons (Fsp3) is 0.615. The molecule has 0 spiro atoms. The third kappa shape index (κ3) is 3.64. The molecule has 1 aromatic heterocycles. The van der Waals surface area contributed by atoms with Crippen LogP contribution in [0.15, 0.2) is 12.1 Å². The maximum absolute atomic E-state index is 11.4. The summed E-state index contributed by atoms with van der Waals surface area (Å²) in [7, 11) is 3.60. The van der Waals surface area contributed by atoms with Gasteiger partial charge in [-0.05, 0) is 44.0 Å². The van der Waals surface area contributed by atoms with Crippen molar-refractivity contribution < 1.29 is 4.79 Å². The molecular formula is C13H21N5O. The molecule has 6 heteroatoms. The average molecular weight is 263 g/mol. The van der Waals surface area contributed by atoms with Gasteiger partial charge in [0.05, 0.1) is 0 Å². The second kappa shape index (κ2) is 6.47. The number of amides is 1. The van der Waals surface area contributed by atoms with Crippen molar-refractivity contribution in [1.82, 2.24) is 20.8 Å². The zero-order valence-corrected chi connectivity index (χ0v) is 11.5. The summed E-state index contributed by atoms with van der Waals surface area (Å²) in [6, 6.07) is 3.55. The Bertz CT molecular complexity index is 414. The van der Waals surface area contributed by atoms with Crippen molar-refractivity contribution in [3.63, 3.8) is 0 Å². The summed E-state index contributed by atoms with van der Waals surface area (Å²) in [4.78, 5) is 13.5. The van der Waals surface area contributed by atoms with Crippen LogP contribution >= 0.6 is 0 Å². The zero-order chi connectivity index (χ0) is 13.7. The smallest absolute Gasteiger partial charge is 0.271 e. The normalized spacial score (nSPS) is 16.1. The molecule has 0 aliphatic carbocycles. The van der Waals surface area contributed by atoms with Crippen molar-refractivity contribution in [3.05, 3.63) is 17.8 Å². The average Bonchev–Trinajstić information content (AvgIpc) is 2.47. The van der Waals surface area contributed by atoms with E-state index in [1.165, 1.54) is 12.8 Å². The van der Waals surface area contributed by atoms with Gasteiger partial charge in [0.2, 0.25) is 0 Å². The van der Waals surface area contributed by atoms with Gasteiger partial charge in [0.25, 0.3) is 5.91 Å². The highest BCUT2D eigenvalue weighted by Gasteiger charge is 2.16. The lowest BCUT2D eigenvalue weighted by Gasteiger charge is -2.27. The molecule has 1 aliphatic heterocycles. The van der Waals surface area contributed by atoms with Crippen LogP contribution < -0.4 is 15.5 Å². The van der Waals surface area contributed by atoms with E-state index in [1.807, 2.05) is 13.1 Å². The zero-order valence-electron chi connectivity index (χ0n) is 11.5. The molecule has 2 rings (SSSR count). The first-order valence-corrected chi connectivity index (χ1v) is 6.68. The second-order valence-electron chi connectivity index (χ2n) is 4.93. The Morgan fingerprint density at radius 1 is 1.42 bits per heavy atom. The Hall–Kier alpha value is -1.69. The van der Waals surface area contributed by atoms with E-state index in [9.17, 15) is 4.79 Å². The summed E-state index contributed by atoms with van der Waals surface area (Å²) in [5, 5.41) is 14.0. The Morgan fingerprint density at radius 3 is 2.74 bits per heavy atom. The maximum atomic E-state index is 11.4. The molecule has 19 heavy (non-hydrogen) atoms. The summed E-state index contributed by atoms with van der Waals surface area (Å²) in [6.45, 7) is 3.18. The van der Waals surface area contributed by atoms with Crippen molar-refractivity contribution in [1.29, 1.82) is 0 Å². The van der Waals surface area contributed by atoms with E-state index in [2.05, 4.69) is 25.7 Å². The van der Waals surface area contributed by atoms with E-state index in [0.29, 0.717) is 11.6 Å². The highest BCUT2D eigenvalue weighted by atomic mass is 16.1. The number of hydrogen-bond donors (Lipinski definition) is 2.